The number of guanidine groups is 1. The largest absolute Gasteiger partial charge is 0.357 e. The number of rotatable bonds is 6. The van der Waals surface area contributed by atoms with Gasteiger partial charge in [-0.2, -0.15) is 0 Å². The fourth-order valence-electron chi connectivity index (χ4n) is 1.98. The molecule has 1 heterocycles. The Morgan fingerprint density at radius 3 is 2.79 bits per heavy atom. The molecule has 2 rings (SSSR count). The molecule has 0 aliphatic heterocycles. The van der Waals surface area contributed by atoms with E-state index < -0.39 is 0 Å². The Bertz CT molecular complexity index is 678. The molecule has 0 aliphatic carbocycles. The van der Waals surface area contributed by atoms with Crippen LogP contribution < -0.4 is 10.6 Å². The number of halogens is 3. The lowest BCUT2D eigenvalue weighted by molar-refractivity contribution is 0.618. The first kappa shape index (κ1) is 21.3. The van der Waals surface area contributed by atoms with Crippen LogP contribution in [0.1, 0.15) is 23.2 Å². The van der Waals surface area contributed by atoms with Gasteiger partial charge >= 0.3 is 0 Å². The minimum Gasteiger partial charge on any atom is -0.357 e. The molecular formula is C16H21BrFIN4S. The Kier molecular flexibility index (Phi) is 9.75. The molecule has 0 atom stereocenters. The van der Waals surface area contributed by atoms with Crippen molar-refractivity contribution in [3.63, 3.8) is 0 Å². The number of thiazole rings is 1. The van der Waals surface area contributed by atoms with Crippen LogP contribution >= 0.6 is 51.2 Å². The summed E-state index contributed by atoms with van der Waals surface area (Å²) in [4.78, 5) is 8.92. The molecule has 2 aromatic rings. The van der Waals surface area contributed by atoms with Crippen molar-refractivity contribution >= 4 is 57.2 Å². The lowest BCUT2D eigenvalue weighted by atomic mass is 10.2. The van der Waals surface area contributed by atoms with E-state index >= 15 is 0 Å². The molecule has 0 bridgehead atoms. The molecule has 132 valence electrons. The van der Waals surface area contributed by atoms with E-state index in [2.05, 4.69) is 41.9 Å². The fraction of sp³-hybridized carbons (Fsp3) is 0.375. The first-order chi connectivity index (χ1) is 11.1. The average Bonchev–Trinajstić information content (AvgIpc) is 2.93. The summed E-state index contributed by atoms with van der Waals surface area (Å²) in [6, 6.07) is 5.05. The highest BCUT2D eigenvalue weighted by molar-refractivity contribution is 14.0. The van der Waals surface area contributed by atoms with Crippen LogP contribution in [-0.4, -0.2) is 24.0 Å². The molecule has 0 unspecified atom stereocenters. The minimum absolute atomic E-state index is 0. The SMILES string of the molecule is CCNC(=NCc1ccc(Br)c(F)c1)NCCc1csc(C)n1.I. The molecule has 2 N–H and O–H groups in total. The van der Waals surface area contributed by atoms with Crippen LogP contribution in [0.15, 0.2) is 33.0 Å². The predicted molar refractivity (Wildman–Crippen MR) is 113 cm³/mol. The van der Waals surface area contributed by atoms with Crippen molar-refractivity contribution < 1.29 is 4.39 Å². The quantitative estimate of drug-likeness (QED) is 0.336. The van der Waals surface area contributed by atoms with E-state index in [1.54, 1.807) is 17.4 Å². The Morgan fingerprint density at radius 2 is 2.17 bits per heavy atom. The number of benzene rings is 1. The van der Waals surface area contributed by atoms with Gasteiger partial charge in [0, 0.05) is 24.9 Å². The number of hydrogen-bond donors (Lipinski definition) is 2. The van der Waals surface area contributed by atoms with Gasteiger partial charge in [-0.3, -0.25) is 0 Å². The van der Waals surface area contributed by atoms with Gasteiger partial charge in [-0.15, -0.1) is 35.3 Å². The molecule has 0 amide bonds. The van der Waals surface area contributed by atoms with E-state index in [-0.39, 0.29) is 29.8 Å². The van der Waals surface area contributed by atoms with Crippen LogP contribution in [0.5, 0.6) is 0 Å². The molecular weight excluding hydrogens is 506 g/mol. The van der Waals surface area contributed by atoms with Gasteiger partial charge in [0.2, 0.25) is 0 Å². The number of hydrogen-bond acceptors (Lipinski definition) is 3. The summed E-state index contributed by atoms with van der Waals surface area (Å²) in [6.45, 7) is 5.97. The van der Waals surface area contributed by atoms with Crippen molar-refractivity contribution in [1.29, 1.82) is 0 Å². The number of aliphatic imine (C=N–C) groups is 1. The summed E-state index contributed by atoms with van der Waals surface area (Å²) in [5.74, 6) is 0.456. The highest BCUT2D eigenvalue weighted by Gasteiger charge is 2.03. The fourth-order valence-corrected chi connectivity index (χ4v) is 2.88. The number of aryl methyl sites for hydroxylation is 1. The third-order valence-corrected chi connectivity index (χ3v) is 4.55. The number of aromatic nitrogens is 1. The maximum absolute atomic E-state index is 13.5. The molecule has 8 heteroatoms. The van der Waals surface area contributed by atoms with Crippen molar-refractivity contribution in [2.45, 2.75) is 26.8 Å². The summed E-state index contributed by atoms with van der Waals surface area (Å²) >= 11 is 4.81. The summed E-state index contributed by atoms with van der Waals surface area (Å²) in [5.41, 5.74) is 1.92. The van der Waals surface area contributed by atoms with E-state index in [4.69, 9.17) is 0 Å². The third kappa shape index (κ3) is 7.02. The molecule has 0 aliphatic rings. The monoisotopic (exact) mass is 526 g/mol. The van der Waals surface area contributed by atoms with Gasteiger partial charge < -0.3 is 10.6 Å². The second kappa shape index (κ2) is 11.0. The van der Waals surface area contributed by atoms with Crippen molar-refractivity contribution in [2.24, 2.45) is 4.99 Å². The molecule has 0 fully saturated rings. The van der Waals surface area contributed by atoms with Crippen LogP contribution in [0, 0.1) is 12.7 Å². The topological polar surface area (TPSA) is 49.3 Å². The Balaban J connectivity index is 0.00000288. The van der Waals surface area contributed by atoms with Gasteiger partial charge in [0.05, 0.1) is 21.7 Å². The van der Waals surface area contributed by atoms with E-state index in [9.17, 15) is 4.39 Å². The number of nitrogens with zero attached hydrogens (tertiary/aromatic N) is 2. The molecule has 1 aromatic carbocycles. The predicted octanol–water partition coefficient (Wildman–Crippen LogP) is 4.27. The zero-order valence-corrected chi connectivity index (χ0v) is 18.3. The molecule has 0 spiro atoms. The normalized spacial score (nSPS) is 11.1. The Labute approximate surface area is 171 Å². The lowest BCUT2D eigenvalue weighted by Gasteiger charge is -2.10. The van der Waals surface area contributed by atoms with Crippen molar-refractivity contribution in [2.75, 3.05) is 13.1 Å². The number of nitrogens with one attached hydrogen (secondary N) is 2. The maximum atomic E-state index is 13.5. The zero-order valence-electron chi connectivity index (χ0n) is 13.6. The third-order valence-electron chi connectivity index (χ3n) is 3.09. The van der Waals surface area contributed by atoms with Gasteiger partial charge in [-0.25, -0.2) is 14.4 Å². The minimum atomic E-state index is -0.269. The summed E-state index contributed by atoms with van der Waals surface area (Å²) in [5, 5.41) is 9.62. The van der Waals surface area contributed by atoms with Crippen LogP contribution in [0.4, 0.5) is 4.39 Å². The molecule has 0 saturated carbocycles. The summed E-state index contributed by atoms with van der Waals surface area (Å²) in [7, 11) is 0. The van der Waals surface area contributed by atoms with Crippen LogP contribution in [0.25, 0.3) is 0 Å². The first-order valence-electron chi connectivity index (χ1n) is 7.45. The van der Waals surface area contributed by atoms with Crippen molar-refractivity contribution in [3.05, 3.63) is 50.1 Å². The Hall–Kier alpha value is -0.740. The molecule has 1 aromatic heterocycles. The smallest absolute Gasteiger partial charge is 0.191 e. The molecule has 0 saturated heterocycles. The first-order valence-corrected chi connectivity index (χ1v) is 9.13. The second-order valence-corrected chi connectivity index (χ2v) is 6.89. The van der Waals surface area contributed by atoms with Crippen LogP contribution in [0.3, 0.4) is 0 Å². The van der Waals surface area contributed by atoms with E-state index in [1.165, 1.54) is 6.07 Å². The second-order valence-electron chi connectivity index (χ2n) is 4.98. The van der Waals surface area contributed by atoms with Gasteiger partial charge in [0.15, 0.2) is 5.96 Å². The van der Waals surface area contributed by atoms with E-state index in [0.29, 0.717) is 11.0 Å². The summed E-state index contributed by atoms with van der Waals surface area (Å²) < 4.78 is 14.0. The highest BCUT2D eigenvalue weighted by atomic mass is 127. The van der Waals surface area contributed by atoms with Crippen molar-refractivity contribution in [1.82, 2.24) is 15.6 Å². The maximum Gasteiger partial charge on any atom is 0.191 e. The van der Waals surface area contributed by atoms with Gasteiger partial charge in [0.25, 0.3) is 0 Å². The van der Waals surface area contributed by atoms with Gasteiger partial charge in [-0.1, -0.05) is 6.07 Å². The van der Waals surface area contributed by atoms with Crippen molar-refractivity contribution in [3.8, 4) is 0 Å². The van der Waals surface area contributed by atoms with Crippen LogP contribution in [-0.2, 0) is 13.0 Å². The average molecular weight is 527 g/mol. The Morgan fingerprint density at radius 1 is 1.38 bits per heavy atom. The zero-order chi connectivity index (χ0) is 16.7. The van der Waals surface area contributed by atoms with E-state index in [1.807, 2.05) is 19.9 Å². The van der Waals surface area contributed by atoms with Crippen LogP contribution in [0.2, 0.25) is 0 Å². The molecule has 4 nitrogen and oxygen atoms in total. The molecule has 24 heavy (non-hydrogen) atoms. The van der Waals surface area contributed by atoms with Gasteiger partial charge in [0.1, 0.15) is 5.82 Å². The van der Waals surface area contributed by atoms with Gasteiger partial charge in [-0.05, 0) is 47.5 Å². The summed E-state index contributed by atoms with van der Waals surface area (Å²) in [6.07, 6.45) is 0.849. The standard InChI is InChI=1S/C16H20BrFN4S.HI/c1-3-19-16(20-7-6-13-10-23-11(2)22-13)21-9-12-4-5-14(17)15(18)8-12;/h4-5,8,10H,3,6-7,9H2,1-2H3,(H2,19,20,21);1H. The lowest BCUT2D eigenvalue weighted by Crippen LogP contribution is -2.38. The highest BCUT2D eigenvalue weighted by Crippen LogP contribution is 2.16. The molecule has 0 radical (unpaired) electrons. The van der Waals surface area contributed by atoms with E-state index in [0.717, 1.165) is 41.7 Å².